The van der Waals surface area contributed by atoms with Crippen molar-refractivity contribution in [2.75, 3.05) is 5.73 Å². The average molecular weight is 236 g/mol. The second kappa shape index (κ2) is 3.89. The maximum absolute atomic E-state index is 5.75. The molecule has 4 heteroatoms. The molecule has 3 rings (SSSR count). The molecule has 1 aromatic heterocycles. The zero-order valence-corrected chi connectivity index (χ0v) is 9.87. The summed E-state index contributed by atoms with van der Waals surface area (Å²) in [5.41, 5.74) is 9.26. The number of benzene rings is 2. The molecule has 80 valence electrons. The molecule has 0 fully saturated rings. The maximum atomic E-state index is 5.75. The number of anilines is 1. The minimum Gasteiger partial charge on any atom is -0.399 e. The predicted octanol–water partition coefficient (Wildman–Crippen LogP) is 2.34. The molecular weight excluding hydrogens is 227 g/mol. The molecule has 2 aromatic carbocycles. The number of hydrogen-bond acceptors (Lipinski definition) is 3. The van der Waals surface area contributed by atoms with Crippen LogP contribution >= 0.6 is 11.3 Å². The first-order chi connectivity index (χ1) is 8.22. The topological polar surface area (TPSA) is 38.9 Å². The van der Waals surface area contributed by atoms with Crippen molar-refractivity contribution in [3.63, 3.8) is 0 Å². The molecule has 0 spiro atoms. The first kappa shape index (κ1) is 10.4. The van der Waals surface area contributed by atoms with Crippen LogP contribution in [0.4, 0.5) is 5.69 Å². The van der Waals surface area contributed by atoms with Gasteiger partial charge < -0.3 is 5.73 Å². The Balaban J connectivity index is 2.14. The van der Waals surface area contributed by atoms with Crippen LogP contribution in [0.15, 0.2) is 42.5 Å². The smallest absolute Gasteiger partial charge is 0.124 e. The summed E-state index contributed by atoms with van der Waals surface area (Å²) in [6, 6.07) is 13.5. The van der Waals surface area contributed by atoms with Crippen molar-refractivity contribution in [2.24, 2.45) is 0 Å². The van der Waals surface area contributed by atoms with Crippen molar-refractivity contribution >= 4 is 40.5 Å². The molecule has 0 saturated heterocycles. The molecule has 0 atom stereocenters. The van der Waals surface area contributed by atoms with Gasteiger partial charge in [0, 0.05) is 11.3 Å². The minimum atomic E-state index is 0.763. The second-order valence-corrected chi connectivity index (χ2v) is 4.90. The predicted molar refractivity (Wildman–Crippen MR) is 74.9 cm³/mol. The van der Waals surface area contributed by atoms with E-state index in [4.69, 9.17) is 13.6 Å². The summed E-state index contributed by atoms with van der Waals surface area (Å²) in [5.74, 6) is 0. The largest absolute Gasteiger partial charge is 0.399 e. The number of nitrogens with two attached hydrogens (primary N) is 1. The van der Waals surface area contributed by atoms with Gasteiger partial charge >= 0.3 is 0 Å². The number of nitrogens with zero attached hydrogens (tertiary/aromatic N) is 1. The molecule has 0 saturated carbocycles. The van der Waals surface area contributed by atoms with E-state index in [1.54, 1.807) is 11.3 Å². The summed E-state index contributed by atoms with van der Waals surface area (Å²) >= 11 is 1.64. The van der Waals surface area contributed by atoms with Crippen molar-refractivity contribution in [1.82, 2.24) is 4.98 Å². The summed E-state index contributed by atoms with van der Waals surface area (Å²) in [6.45, 7) is 0. The number of rotatable bonds is 1. The third-order valence-corrected chi connectivity index (χ3v) is 3.64. The fourth-order valence-corrected chi connectivity index (χ4v) is 2.71. The molecule has 17 heavy (non-hydrogen) atoms. The van der Waals surface area contributed by atoms with Gasteiger partial charge in [0.25, 0.3) is 0 Å². The van der Waals surface area contributed by atoms with Gasteiger partial charge in [0.1, 0.15) is 12.9 Å². The van der Waals surface area contributed by atoms with Gasteiger partial charge in [-0.2, -0.15) is 0 Å². The van der Waals surface area contributed by atoms with Crippen LogP contribution < -0.4 is 11.2 Å². The lowest BCUT2D eigenvalue weighted by atomic mass is 9.97. The van der Waals surface area contributed by atoms with Gasteiger partial charge in [0.15, 0.2) is 0 Å². The molecule has 3 aromatic rings. The quantitative estimate of drug-likeness (QED) is 0.520. The first-order valence-electron chi connectivity index (χ1n) is 5.24. The summed E-state index contributed by atoms with van der Waals surface area (Å²) in [7, 11) is 5.75. The van der Waals surface area contributed by atoms with Gasteiger partial charge in [-0.15, -0.1) is 11.3 Å². The molecule has 2 nitrogen and oxygen atoms in total. The molecule has 0 amide bonds. The molecule has 0 aliphatic carbocycles. The van der Waals surface area contributed by atoms with E-state index in [0.717, 1.165) is 31.9 Å². The van der Waals surface area contributed by atoms with Crippen LogP contribution in [0.25, 0.3) is 20.8 Å². The van der Waals surface area contributed by atoms with E-state index in [0.29, 0.717) is 0 Å². The van der Waals surface area contributed by atoms with Crippen LogP contribution in [0.5, 0.6) is 0 Å². The lowest BCUT2D eigenvalue weighted by Gasteiger charge is -1.95. The maximum Gasteiger partial charge on any atom is 0.124 e. The fourth-order valence-electron chi connectivity index (χ4n) is 1.69. The van der Waals surface area contributed by atoms with Gasteiger partial charge in [-0.25, -0.2) is 4.98 Å². The third-order valence-electron chi connectivity index (χ3n) is 2.57. The summed E-state index contributed by atoms with van der Waals surface area (Å²) in [6.07, 6.45) is 0. The van der Waals surface area contributed by atoms with Crippen molar-refractivity contribution in [3.05, 3.63) is 42.5 Å². The van der Waals surface area contributed by atoms with E-state index in [9.17, 15) is 0 Å². The Morgan fingerprint density at radius 2 is 1.82 bits per heavy atom. The zero-order valence-electron chi connectivity index (χ0n) is 9.05. The standard InChI is InChI=1S/C13H9BN2S/c14-9-3-6-11-12(7-9)17-13(16-11)8-1-4-10(15)5-2-8/h1-7H,15H2. The molecule has 2 N–H and O–H groups in total. The fraction of sp³-hybridized carbons (Fsp3) is 0. The highest BCUT2D eigenvalue weighted by Gasteiger charge is 2.05. The zero-order chi connectivity index (χ0) is 11.8. The molecule has 2 radical (unpaired) electrons. The molecular formula is C13H9BN2S. The summed E-state index contributed by atoms with van der Waals surface area (Å²) in [4.78, 5) is 4.58. The Morgan fingerprint density at radius 3 is 2.59 bits per heavy atom. The van der Waals surface area contributed by atoms with Crippen LogP contribution in [0.3, 0.4) is 0 Å². The van der Waals surface area contributed by atoms with Gasteiger partial charge in [0.05, 0.1) is 10.2 Å². The average Bonchev–Trinajstić information content (AvgIpc) is 2.72. The van der Waals surface area contributed by atoms with E-state index in [1.165, 1.54) is 0 Å². The van der Waals surface area contributed by atoms with Crippen LogP contribution in [-0.4, -0.2) is 12.8 Å². The normalized spacial score (nSPS) is 10.8. The number of nitrogen functional groups attached to an aromatic ring is 1. The lowest BCUT2D eigenvalue weighted by Crippen LogP contribution is -1.98. The number of hydrogen-bond donors (Lipinski definition) is 1. The van der Waals surface area contributed by atoms with Crippen molar-refractivity contribution in [2.45, 2.75) is 0 Å². The first-order valence-corrected chi connectivity index (χ1v) is 6.06. The van der Waals surface area contributed by atoms with E-state index in [2.05, 4.69) is 4.98 Å². The Kier molecular flexibility index (Phi) is 2.37. The Labute approximate surface area is 105 Å². The van der Waals surface area contributed by atoms with Crippen molar-refractivity contribution in [1.29, 1.82) is 0 Å². The van der Waals surface area contributed by atoms with Gasteiger partial charge in [-0.1, -0.05) is 11.5 Å². The molecule has 0 aliphatic rings. The van der Waals surface area contributed by atoms with Gasteiger partial charge in [-0.05, 0) is 36.4 Å². The van der Waals surface area contributed by atoms with Crippen LogP contribution in [0.1, 0.15) is 0 Å². The number of aromatic nitrogens is 1. The summed E-state index contributed by atoms with van der Waals surface area (Å²) in [5, 5.41) is 0.991. The lowest BCUT2D eigenvalue weighted by molar-refractivity contribution is 1.48. The minimum absolute atomic E-state index is 0.763. The number of fused-ring (bicyclic) bond motifs is 1. The van der Waals surface area contributed by atoms with Gasteiger partial charge in [0.2, 0.25) is 0 Å². The summed E-state index contributed by atoms with van der Waals surface area (Å²) < 4.78 is 1.11. The van der Waals surface area contributed by atoms with Crippen LogP contribution in [0.2, 0.25) is 0 Å². The molecule has 1 heterocycles. The molecule has 0 unspecified atom stereocenters. The van der Waals surface area contributed by atoms with Gasteiger partial charge in [-0.3, -0.25) is 0 Å². The van der Waals surface area contributed by atoms with E-state index in [1.807, 2.05) is 42.5 Å². The Morgan fingerprint density at radius 1 is 1.06 bits per heavy atom. The highest BCUT2D eigenvalue weighted by atomic mass is 32.1. The van der Waals surface area contributed by atoms with Crippen LogP contribution in [-0.2, 0) is 0 Å². The van der Waals surface area contributed by atoms with Crippen LogP contribution in [0, 0.1) is 0 Å². The van der Waals surface area contributed by atoms with Crippen molar-refractivity contribution in [3.8, 4) is 10.6 Å². The number of thiazole rings is 1. The van der Waals surface area contributed by atoms with Crippen molar-refractivity contribution < 1.29 is 0 Å². The highest BCUT2D eigenvalue weighted by molar-refractivity contribution is 7.21. The Hall–Kier alpha value is -1.81. The highest BCUT2D eigenvalue weighted by Crippen LogP contribution is 2.29. The molecule has 0 aliphatic heterocycles. The monoisotopic (exact) mass is 236 g/mol. The SMILES string of the molecule is [B]c1ccc2nc(-c3ccc(N)cc3)sc2c1. The molecule has 0 bridgehead atoms. The van der Waals surface area contributed by atoms with E-state index in [-0.39, 0.29) is 0 Å². The van der Waals surface area contributed by atoms with E-state index >= 15 is 0 Å². The third kappa shape index (κ3) is 1.92. The Bertz CT molecular complexity index is 673. The van der Waals surface area contributed by atoms with E-state index < -0.39 is 0 Å². The second-order valence-electron chi connectivity index (χ2n) is 3.87.